The number of amides is 4. The second-order valence-corrected chi connectivity index (χ2v) is 15.6. The molecule has 15 nitrogen and oxygen atoms in total. The van der Waals surface area contributed by atoms with Gasteiger partial charge in [-0.2, -0.15) is 13.2 Å². The molecule has 0 radical (unpaired) electrons. The van der Waals surface area contributed by atoms with E-state index >= 15 is 0 Å². The number of hydrogen-bond acceptors (Lipinski definition) is 12. The van der Waals surface area contributed by atoms with E-state index in [4.69, 9.17) is 51.6 Å². The van der Waals surface area contributed by atoms with Gasteiger partial charge in [-0.1, -0.05) is 29.3 Å². The molecule has 2 heterocycles. The van der Waals surface area contributed by atoms with E-state index in [0.29, 0.717) is 24.2 Å². The highest BCUT2D eigenvalue weighted by atomic mass is 35.5. The molecule has 61 heavy (non-hydrogen) atoms. The molecule has 1 atom stereocenters. The van der Waals surface area contributed by atoms with Crippen LogP contribution in [0.4, 0.5) is 18.9 Å². The van der Waals surface area contributed by atoms with Crippen LogP contribution in [-0.4, -0.2) is 95.8 Å². The first-order valence-electron chi connectivity index (χ1n) is 18.4. The summed E-state index contributed by atoms with van der Waals surface area (Å²) in [5, 5.41) is 1.65. The molecule has 2 N–H and O–H groups in total. The summed E-state index contributed by atoms with van der Waals surface area (Å²) in [6.07, 6.45) is -4.80. The lowest BCUT2D eigenvalue weighted by Gasteiger charge is -2.27. The van der Waals surface area contributed by atoms with Gasteiger partial charge < -0.3 is 28.4 Å². The fourth-order valence-corrected chi connectivity index (χ4v) is 7.55. The highest BCUT2D eigenvalue weighted by Gasteiger charge is 2.46. The van der Waals surface area contributed by atoms with Gasteiger partial charge in [-0.05, 0) is 79.2 Å². The summed E-state index contributed by atoms with van der Waals surface area (Å²) < 4.78 is 102. The monoisotopic (exact) mass is 909 g/mol. The molecule has 21 heteroatoms. The number of fused-ring (bicyclic) bond motifs is 1. The van der Waals surface area contributed by atoms with Crippen LogP contribution in [0.1, 0.15) is 39.1 Å². The van der Waals surface area contributed by atoms with Crippen LogP contribution in [-0.2, 0) is 40.0 Å². The third-order valence-electron chi connectivity index (χ3n) is 8.95. The van der Waals surface area contributed by atoms with E-state index in [-0.39, 0.29) is 92.4 Å². The Hall–Kier alpha value is -5.44. The first-order valence-corrected chi connectivity index (χ1v) is 20.7. The molecule has 4 amide bonds. The molecule has 0 aliphatic carbocycles. The second-order valence-electron chi connectivity index (χ2n) is 13.1. The van der Waals surface area contributed by atoms with Gasteiger partial charge >= 0.3 is 6.18 Å². The van der Waals surface area contributed by atoms with E-state index in [0.717, 1.165) is 17.0 Å². The number of sulfonamides is 1. The van der Waals surface area contributed by atoms with Crippen LogP contribution < -0.4 is 24.2 Å². The van der Waals surface area contributed by atoms with Crippen molar-refractivity contribution in [1.82, 2.24) is 10.2 Å². The molecule has 0 bridgehead atoms. The average molecular weight is 911 g/mol. The molecule has 1 unspecified atom stereocenters. The zero-order chi connectivity index (χ0) is 43.7. The number of nitrogens with one attached hydrogen (secondary N) is 2. The topological polar surface area (TPSA) is 185 Å². The molecular formula is C40H36Cl2F3N3O12S. The number of halogens is 5. The number of alkyl halides is 3. The van der Waals surface area contributed by atoms with Crippen molar-refractivity contribution >= 4 is 62.5 Å². The number of anilines is 1. The van der Waals surface area contributed by atoms with E-state index in [1.807, 2.05) is 0 Å². The normalized spacial score (nSPS) is 15.4. The quantitative estimate of drug-likeness (QED) is 0.0725. The average Bonchev–Trinajstić information content (AvgIpc) is 3.46. The van der Waals surface area contributed by atoms with Gasteiger partial charge in [0.25, 0.3) is 21.8 Å². The minimum absolute atomic E-state index is 0.0186. The molecule has 324 valence electrons. The Balaban J connectivity index is 0.847. The van der Waals surface area contributed by atoms with Crippen LogP contribution in [0.25, 0.3) is 0 Å². The Kier molecular flexibility index (Phi) is 14.8. The molecule has 0 aromatic heterocycles. The summed E-state index contributed by atoms with van der Waals surface area (Å²) in [4.78, 5) is 50.2. The van der Waals surface area contributed by atoms with Crippen molar-refractivity contribution in [3.8, 4) is 23.0 Å². The first-order chi connectivity index (χ1) is 29.1. The van der Waals surface area contributed by atoms with Gasteiger partial charge in [0.2, 0.25) is 11.8 Å². The maximum atomic E-state index is 13.4. The van der Waals surface area contributed by atoms with Gasteiger partial charge in [-0.3, -0.25) is 34.1 Å². The zero-order valence-corrected chi connectivity index (χ0v) is 34.1. The molecular weight excluding hydrogens is 874 g/mol. The van der Waals surface area contributed by atoms with Crippen molar-refractivity contribution in [1.29, 1.82) is 0 Å². The first kappa shape index (κ1) is 45.1. The maximum Gasteiger partial charge on any atom is 0.417 e. The van der Waals surface area contributed by atoms with Crippen LogP contribution in [0.2, 0.25) is 10.0 Å². The van der Waals surface area contributed by atoms with E-state index in [2.05, 4.69) is 10.0 Å². The molecule has 6 rings (SSSR count). The van der Waals surface area contributed by atoms with E-state index in [1.54, 1.807) is 36.4 Å². The minimum atomic E-state index is -4.87. The maximum absolute atomic E-state index is 13.4. The number of piperidine rings is 1. The number of rotatable bonds is 20. The van der Waals surface area contributed by atoms with Crippen molar-refractivity contribution in [3.63, 3.8) is 0 Å². The molecule has 2 aliphatic rings. The van der Waals surface area contributed by atoms with Crippen molar-refractivity contribution in [3.05, 3.63) is 106 Å². The predicted octanol–water partition coefficient (Wildman–Crippen LogP) is 6.51. The highest BCUT2D eigenvalue weighted by molar-refractivity contribution is 7.92. The van der Waals surface area contributed by atoms with Crippen LogP contribution in [0, 0.1) is 0 Å². The number of ether oxygens (including phenoxy) is 6. The van der Waals surface area contributed by atoms with Gasteiger partial charge in [0.05, 0.1) is 71.9 Å². The SMILES string of the molecule is O=C1CCC(N2C(=O)c3cccc(OCCOCCOCCOCCOc4ccc(Oc5ccc(Cl)cc5NS(=O)(=O)c5ccc(Cl)c(C(F)(F)F)c5)cc4)c3C2=O)C(=O)N1. The number of carbonyl (C=O) groups is 4. The Morgan fingerprint density at radius 2 is 1.38 bits per heavy atom. The minimum Gasteiger partial charge on any atom is -0.491 e. The van der Waals surface area contributed by atoms with Crippen LogP contribution in [0.15, 0.2) is 83.8 Å². The zero-order valence-electron chi connectivity index (χ0n) is 31.8. The number of hydrogen-bond donors (Lipinski definition) is 2. The largest absolute Gasteiger partial charge is 0.491 e. The Labute approximate surface area is 356 Å². The fourth-order valence-electron chi connectivity index (χ4n) is 6.07. The molecule has 0 spiro atoms. The summed E-state index contributed by atoms with van der Waals surface area (Å²) >= 11 is 11.7. The summed E-state index contributed by atoms with van der Waals surface area (Å²) in [6, 6.07) is 16.2. The number of carbonyl (C=O) groups excluding carboxylic acids is 4. The third-order valence-corrected chi connectivity index (χ3v) is 10.9. The summed E-state index contributed by atoms with van der Waals surface area (Å²) in [5.41, 5.74) is -1.25. The number of nitrogens with zero attached hydrogens (tertiary/aromatic N) is 1. The van der Waals surface area contributed by atoms with Crippen molar-refractivity contribution < 1.29 is 69.2 Å². The smallest absolute Gasteiger partial charge is 0.417 e. The van der Waals surface area contributed by atoms with Crippen molar-refractivity contribution in [2.75, 3.05) is 57.6 Å². The van der Waals surface area contributed by atoms with E-state index < -0.39 is 61.4 Å². The summed E-state index contributed by atoms with van der Waals surface area (Å²) in [6.45, 7) is 1.82. The third kappa shape index (κ3) is 11.5. The lowest BCUT2D eigenvalue weighted by molar-refractivity contribution is -0.138. The second kappa shape index (κ2) is 20.0. The van der Waals surface area contributed by atoms with Gasteiger partial charge in [0, 0.05) is 11.4 Å². The van der Waals surface area contributed by atoms with E-state index in [1.165, 1.54) is 24.3 Å². The molecule has 2 aliphatic heterocycles. The van der Waals surface area contributed by atoms with Crippen LogP contribution >= 0.6 is 23.2 Å². The van der Waals surface area contributed by atoms with Crippen LogP contribution in [0.3, 0.4) is 0 Å². The Morgan fingerprint density at radius 1 is 0.738 bits per heavy atom. The highest BCUT2D eigenvalue weighted by Crippen LogP contribution is 2.38. The fraction of sp³-hybridized carbons (Fsp3) is 0.300. The Bertz CT molecular complexity index is 2390. The van der Waals surface area contributed by atoms with Gasteiger partial charge in [-0.25, -0.2) is 8.42 Å². The van der Waals surface area contributed by atoms with E-state index in [9.17, 15) is 40.8 Å². The van der Waals surface area contributed by atoms with Crippen molar-refractivity contribution in [2.45, 2.75) is 30.0 Å². The number of imide groups is 2. The summed E-state index contributed by atoms with van der Waals surface area (Å²) in [7, 11) is -4.52. The molecule has 1 saturated heterocycles. The van der Waals surface area contributed by atoms with Gasteiger partial charge in [0.1, 0.15) is 36.5 Å². The van der Waals surface area contributed by atoms with Crippen LogP contribution in [0.5, 0.6) is 23.0 Å². The van der Waals surface area contributed by atoms with Crippen molar-refractivity contribution in [2.24, 2.45) is 0 Å². The van der Waals surface area contributed by atoms with Gasteiger partial charge in [-0.15, -0.1) is 0 Å². The lowest BCUT2D eigenvalue weighted by Crippen LogP contribution is -2.54. The lowest BCUT2D eigenvalue weighted by atomic mass is 10.0. The number of benzene rings is 4. The molecule has 1 fully saturated rings. The van der Waals surface area contributed by atoms with Gasteiger partial charge in [0.15, 0.2) is 5.75 Å². The standard InChI is InChI=1S/C40H36Cl2F3N3O12S/c41-24-4-12-33(31(22-24)47-61(53,54)27-9-10-30(42)29(23-27)40(43,44)45)60-26-7-5-25(6-8-26)58-20-18-56-16-14-55-15-17-57-19-21-59-34-3-1-2-28-36(34)39(52)48(38(28)51)32-11-13-35(49)46-37(32)50/h1-10,12,22-23,32,47H,11,13-21H2,(H,46,49,50). The Morgan fingerprint density at radius 3 is 2.03 bits per heavy atom. The molecule has 0 saturated carbocycles. The predicted molar refractivity (Wildman–Crippen MR) is 212 cm³/mol. The summed E-state index contributed by atoms with van der Waals surface area (Å²) in [5.74, 6) is -1.46. The molecule has 4 aromatic carbocycles. The molecule has 4 aromatic rings.